The van der Waals surface area contributed by atoms with Gasteiger partial charge in [-0.3, -0.25) is 4.57 Å². The zero-order valence-electron chi connectivity index (χ0n) is 10.9. The molecule has 1 aromatic heterocycles. The SMILES string of the molecule is COc1ccccc1-c1n[nH]c(=O)n1C1CCCC1. The van der Waals surface area contributed by atoms with Crippen molar-refractivity contribution in [3.05, 3.63) is 34.7 Å². The van der Waals surface area contributed by atoms with Crippen LogP contribution in [0.4, 0.5) is 0 Å². The molecule has 19 heavy (non-hydrogen) atoms. The summed E-state index contributed by atoms with van der Waals surface area (Å²) < 4.78 is 7.14. The maximum atomic E-state index is 12.0. The molecule has 5 nitrogen and oxygen atoms in total. The molecular weight excluding hydrogens is 242 g/mol. The Morgan fingerprint density at radius 3 is 2.79 bits per heavy atom. The van der Waals surface area contributed by atoms with Gasteiger partial charge in [-0.25, -0.2) is 9.89 Å². The van der Waals surface area contributed by atoms with Gasteiger partial charge in [0.05, 0.1) is 12.7 Å². The van der Waals surface area contributed by atoms with Crippen LogP contribution >= 0.6 is 0 Å². The summed E-state index contributed by atoms with van der Waals surface area (Å²) in [6, 6.07) is 7.90. The second-order valence-electron chi connectivity index (χ2n) is 4.86. The van der Waals surface area contributed by atoms with Gasteiger partial charge in [-0.05, 0) is 25.0 Å². The standard InChI is InChI=1S/C14H17N3O2/c1-19-12-9-5-4-8-11(12)13-15-16-14(18)17(13)10-6-2-3-7-10/h4-5,8-10H,2-3,6-7H2,1H3,(H,16,18). The minimum atomic E-state index is -0.132. The third kappa shape index (κ3) is 2.05. The molecule has 0 spiro atoms. The minimum Gasteiger partial charge on any atom is -0.496 e. The Morgan fingerprint density at radius 1 is 1.32 bits per heavy atom. The van der Waals surface area contributed by atoms with E-state index in [1.165, 1.54) is 12.8 Å². The average Bonchev–Trinajstić information content (AvgIpc) is 3.07. The van der Waals surface area contributed by atoms with Crippen LogP contribution < -0.4 is 10.4 Å². The summed E-state index contributed by atoms with van der Waals surface area (Å²) in [7, 11) is 1.63. The lowest BCUT2D eigenvalue weighted by atomic mass is 10.1. The van der Waals surface area contributed by atoms with Gasteiger partial charge in [-0.2, -0.15) is 5.10 Å². The summed E-state index contributed by atoms with van der Waals surface area (Å²) in [6.07, 6.45) is 4.44. The quantitative estimate of drug-likeness (QED) is 0.920. The molecule has 0 bridgehead atoms. The first-order chi connectivity index (χ1) is 9.31. The smallest absolute Gasteiger partial charge is 0.343 e. The van der Waals surface area contributed by atoms with Crippen LogP contribution in [-0.4, -0.2) is 21.9 Å². The molecular formula is C14H17N3O2. The number of para-hydroxylation sites is 1. The molecule has 1 aromatic carbocycles. The summed E-state index contributed by atoms with van der Waals surface area (Å²) >= 11 is 0. The molecule has 0 amide bonds. The van der Waals surface area contributed by atoms with E-state index in [2.05, 4.69) is 10.2 Å². The average molecular weight is 259 g/mol. The highest BCUT2D eigenvalue weighted by atomic mass is 16.5. The number of rotatable bonds is 3. The minimum absolute atomic E-state index is 0.132. The van der Waals surface area contributed by atoms with E-state index in [1.54, 1.807) is 11.7 Å². The fourth-order valence-corrected chi connectivity index (χ4v) is 2.83. The first kappa shape index (κ1) is 12.0. The molecule has 0 unspecified atom stereocenters. The first-order valence-corrected chi connectivity index (χ1v) is 6.61. The third-order valence-corrected chi connectivity index (χ3v) is 3.74. The second kappa shape index (κ2) is 4.91. The highest BCUT2D eigenvalue weighted by molar-refractivity contribution is 5.64. The van der Waals surface area contributed by atoms with Crippen molar-refractivity contribution in [2.24, 2.45) is 0 Å². The number of ether oxygens (including phenoxy) is 1. The molecule has 1 fully saturated rings. The molecule has 1 N–H and O–H groups in total. The van der Waals surface area contributed by atoms with E-state index in [0.29, 0.717) is 5.82 Å². The Labute approximate surface area is 111 Å². The summed E-state index contributed by atoms with van der Waals surface area (Å²) in [6.45, 7) is 0. The van der Waals surface area contributed by atoms with Crippen molar-refractivity contribution in [3.8, 4) is 17.1 Å². The number of methoxy groups -OCH3 is 1. The fraction of sp³-hybridized carbons (Fsp3) is 0.429. The van der Waals surface area contributed by atoms with E-state index in [4.69, 9.17) is 4.74 Å². The number of H-pyrrole nitrogens is 1. The molecule has 0 saturated heterocycles. The van der Waals surface area contributed by atoms with Crippen LogP contribution in [0, 0.1) is 0 Å². The molecule has 5 heteroatoms. The van der Waals surface area contributed by atoms with Gasteiger partial charge in [0.1, 0.15) is 5.75 Å². The Morgan fingerprint density at radius 2 is 2.05 bits per heavy atom. The molecule has 2 aromatic rings. The predicted octanol–water partition coefficient (Wildman–Crippen LogP) is 2.36. The van der Waals surface area contributed by atoms with E-state index in [1.807, 2.05) is 24.3 Å². The highest BCUT2D eigenvalue weighted by Crippen LogP contribution is 2.34. The van der Waals surface area contributed by atoms with Crippen molar-refractivity contribution in [2.45, 2.75) is 31.7 Å². The van der Waals surface area contributed by atoms with Crippen LogP contribution in [0.5, 0.6) is 5.75 Å². The maximum Gasteiger partial charge on any atom is 0.343 e. The second-order valence-corrected chi connectivity index (χ2v) is 4.86. The molecule has 1 saturated carbocycles. The number of aromatic nitrogens is 3. The zero-order valence-corrected chi connectivity index (χ0v) is 10.9. The summed E-state index contributed by atoms with van der Waals surface area (Å²) in [5.74, 6) is 1.41. The lowest BCUT2D eigenvalue weighted by Crippen LogP contribution is -2.21. The molecule has 0 atom stereocenters. The van der Waals surface area contributed by atoms with E-state index in [-0.39, 0.29) is 11.7 Å². The van der Waals surface area contributed by atoms with Crippen molar-refractivity contribution in [2.75, 3.05) is 7.11 Å². The van der Waals surface area contributed by atoms with Gasteiger partial charge < -0.3 is 4.74 Å². The Kier molecular flexibility index (Phi) is 3.11. The Bertz CT molecular complexity index is 624. The van der Waals surface area contributed by atoms with Gasteiger partial charge >= 0.3 is 5.69 Å². The maximum absolute atomic E-state index is 12.0. The topological polar surface area (TPSA) is 59.9 Å². The number of benzene rings is 1. The van der Waals surface area contributed by atoms with Crippen molar-refractivity contribution >= 4 is 0 Å². The van der Waals surface area contributed by atoms with Gasteiger partial charge in [-0.15, -0.1) is 0 Å². The number of nitrogens with one attached hydrogen (secondary N) is 1. The fourth-order valence-electron chi connectivity index (χ4n) is 2.83. The molecule has 0 radical (unpaired) electrons. The van der Waals surface area contributed by atoms with E-state index >= 15 is 0 Å². The van der Waals surface area contributed by atoms with Crippen LogP contribution in [0.1, 0.15) is 31.7 Å². The molecule has 1 heterocycles. The van der Waals surface area contributed by atoms with Crippen LogP contribution in [0.15, 0.2) is 29.1 Å². The van der Waals surface area contributed by atoms with Crippen molar-refractivity contribution in [1.29, 1.82) is 0 Å². The number of hydrogen-bond donors (Lipinski definition) is 1. The predicted molar refractivity (Wildman–Crippen MR) is 72.3 cm³/mol. The highest BCUT2D eigenvalue weighted by Gasteiger charge is 2.24. The van der Waals surface area contributed by atoms with Crippen molar-refractivity contribution < 1.29 is 4.74 Å². The van der Waals surface area contributed by atoms with Crippen LogP contribution in [0.3, 0.4) is 0 Å². The molecule has 1 aliphatic rings. The number of nitrogens with zero attached hydrogens (tertiary/aromatic N) is 2. The van der Waals surface area contributed by atoms with Crippen LogP contribution in [-0.2, 0) is 0 Å². The molecule has 0 aliphatic heterocycles. The van der Waals surface area contributed by atoms with Gasteiger partial charge in [0.15, 0.2) is 5.82 Å². The summed E-state index contributed by atoms with van der Waals surface area (Å²) in [5.41, 5.74) is 0.725. The number of aromatic amines is 1. The van der Waals surface area contributed by atoms with Crippen molar-refractivity contribution in [3.63, 3.8) is 0 Å². The summed E-state index contributed by atoms with van der Waals surface area (Å²) in [4.78, 5) is 12.0. The third-order valence-electron chi connectivity index (χ3n) is 3.74. The monoisotopic (exact) mass is 259 g/mol. The van der Waals surface area contributed by atoms with E-state index in [9.17, 15) is 4.79 Å². The van der Waals surface area contributed by atoms with Crippen molar-refractivity contribution in [1.82, 2.24) is 14.8 Å². The number of hydrogen-bond acceptors (Lipinski definition) is 3. The molecule has 3 rings (SSSR count). The Balaban J connectivity index is 2.12. The molecule has 100 valence electrons. The lowest BCUT2D eigenvalue weighted by Gasteiger charge is -2.14. The summed E-state index contributed by atoms with van der Waals surface area (Å²) in [5, 5.41) is 6.75. The normalized spacial score (nSPS) is 15.8. The molecule has 1 aliphatic carbocycles. The zero-order chi connectivity index (χ0) is 13.2. The van der Waals surface area contributed by atoms with Crippen LogP contribution in [0.2, 0.25) is 0 Å². The van der Waals surface area contributed by atoms with E-state index in [0.717, 1.165) is 24.2 Å². The van der Waals surface area contributed by atoms with Gasteiger partial charge in [0, 0.05) is 6.04 Å². The van der Waals surface area contributed by atoms with Gasteiger partial charge in [0.2, 0.25) is 0 Å². The van der Waals surface area contributed by atoms with Gasteiger partial charge in [-0.1, -0.05) is 25.0 Å². The van der Waals surface area contributed by atoms with Crippen LogP contribution in [0.25, 0.3) is 11.4 Å². The lowest BCUT2D eigenvalue weighted by molar-refractivity contribution is 0.415. The first-order valence-electron chi connectivity index (χ1n) is 6.61. The Hall–Kier alpha value is -2.04. The van der Waals surface area contributed by atoms with E-state index < -0.39 is 0 Å². The largest absolute Gasteiger partial charge is 0.496 e. The van der Waals surface area contributed by atoms with Gasteiger partial charge in [0.25, 0.3) is 0 Å².